The van der Waals surface area contributed by atoms with Crippen molar-refractivity contribution < 1.29 is 23.9 Å². The van der Waals surface area contributed by atoms with Crippen LogP contribution in [0.5, 0.6) is 0 Å². The van der Waals surface area contributed by atoms with E-state index >= 15 is 0 Å². The average Bonchev–Trinajstić information content (AvgIpc) is 2.60. The Labute approximate surface area is 97.4 Å². The van der Waals surface area contributed by atoms with E-state index in [-0.39, 0.29) is 26.3 Å². The fourth-order valence-electron chi connectivity index (χ4n) is 1.18. The first-order valence-corrected chi connectivity index (χ1v) is 4.96. The van der Waals surface area contributed by atoms with E-state index in [2.05, 4.69) is 5.32 Å². The number of imide groups is 1. The molecule has 0 unspecified atom stereocenters. The third-order valence-electron chi connectivity index (χ3n) is 1.96. The van der Waals surface area contributed by atoms with Crippen molar-refractivity contribution in [1.29, 1.82) is 0 Å². The van der Waals surface area contributed by atoms with Crippen molar-refractivity contribution >= 4 is 24.0 Å². The lowest BCUT2D eigenvalue weighted by Crippen LogP contribution is -2.41. The molecule has 1 aliphatic heterocycles. The Morgan fingerprint density at radius 2 is 2.00 bits per heavy atom. The van der Waals surface area contributed by atoms with Crippen LogP contribution in [-0.4, -0.2) is 55.2 Å². The molecule has 0 atom stereocenters. The zero-order valence-electron chi connectivity index (χ0n) is 9.05. The van der Waals surface area contributed by atoms with Crippen LogP contribution in [0.25, 0.3) is 0 Å². The molecule has 1 N–H and O–H groups in total. The van der Waals surface area contributed by atoms with Gasteiger partial charge in [-0.15, -0.1) is 0 Å². The van der Waals surface area contributed by atoms with Gasteiger partial charge in [0.25, 0.3) is 11.8 Å². The lowest BCUT2D eigenvalue weighted by Gasteiger charge is -2.13. The summed E-state index contributed by atoms with van der Waals surface area (Å²) in [6, 6.07) is 0. The molecule has 0 fully saturated rings. The molecule has 0 saturated heterocycles. The SMILES string of the molecule is O=CCOCCNC(=O)CN1C(=O)C=CC1=O. The minimum absolute atomic E-state index is 0.0249. The van der Waals surface area contributed by atoms with Crippen LogP contribution in [-0.2, 0) is 23.9 Å². The summed E-state index contributed by atoms with van der Waals surface area (Å²) in [6.45, 7) is 0.0855. The highest BCUT2D eigenvalue weighted by atomic mass is 16.5. The molecule has 0 radical (unpaired) electrons. The zero-order chi connectivity index (χ0) is 12.7. The average molecular weight is 240 g/mol. The molecular formula is C10H12N2O5. The highest BCUT2D eigenvalue weighted by molar-refractivity contribution is 6.14. The topological polar surface area (TPSA) is 92.8 Å². The first-order valence-electron chi connectivity index (χ1n) is 4.96. The number of aldehydes is 1. The summed E-state index contributed by atoms with van der Waals surface area (Å²) in [5.74, 6) is -1.45. The van der Waals surface area contributed by atoms with Crippen LogP contribution in [0.1, 0.15) is 0 Å². The number of rotatable bonds is 7. The van der Waals surface area contributed by atoms with Crippen molar-refractivity contribution in [2.75, 3.05) is 26.3 Å². The number of carbonyl (C=O) groups is 4. The number of nitrogens with one attached hydrogen (secondary N) is 1. The number of amides is 3. The minimum Gasteiger partial charge on any atom is -0.372 e. The number of ether oxygens (including phenoxy) is 1. The quantitative estimate of drug-likeness (QED) is 0.323. The molecule has 7 heteroatoms. The Kier molecular flexibility index (Phi) is 5.02. The molecule has 0 saturated carbocycles. The molecule has 0 aromatic carbocycles. The summed E-state index contributed by atoms with van der Waals surface area (Å²) < 4.78 is 4.80. The van der Waals surface area contributed by atoms with Crippen LogP contribution in [0.15, 0.2) is 12.2 Å². The summed E-state index contributed by atoms with van der Waals surface area (Å²) in [5, 5.41) is 2.46. The summed E-state index contributed by atoms with van der Waals surface area (Å²) in [4.78, 5) is 44.3. The van der Waals surface area contributed by atoms with E-state index in [1.165, 1.54) is 0 Å². The van der Waals surface area contributed by atoms with Gasteiger partial charge in [0, 0.05) is 18.7 Å². The van der Waals surface area contributed by atoms with Gasteiger partial charge in [-0.1, -0.05) is 0 Å². The molecule has 0 spiro atoms. The third kappa shape index (κ3) is 4.15. The van der Waals surface area contributed by atoms with Crippen molar-refractivity contribution in [2.24, 2.45) is 0 Å². The van der Waals surface area contributed by atoms with Crippen LogP contribution < -0.4 is 5.32 Å². The fraction of sp³-hybridized carbons (Fsp3) is 0.400. The maximum atomic E-state index is 11.3. The number of carbonyl (C=O) groups excluding carboxylic acids is 4. The van der Waals surface area contributed by atoms with E-state index in [0.29, 0.717) is 6.29 Å². The highest BCUT2D eigenvalue weighted by Crippen LogP contribution is 2.01. The van der Waals surface area contributed by atoms with Crippen LogP contribution in [0.2, 0.25) is 0 Å². The summed E-state index contributed by atoms with van der Waals surface area (Å²) >= 11 is 0. The largest absolute Gasteiger partial charge is 0.372 e. The zero-order valence-corrected chi connectivity index (χ0v) is 9.05. The number of hydrogen-bond donors (Lipinski definition) is 1. The molecule has 0 aromatic rings. The Morgan fingerprint density at radius 3 is 2.59 bits per heavy atom. The summed E-state index contributed by atoms with van der Waals surface area (Å²) in [5.41, 5.74) is 0. The maximum absolute atomic E-state index is 11.3. The molecule has 7 nitrogen and oxygen atoms in total. The van der Waals surface area contributed by atoms with Crippen molar-refractivity contribution in [3.8, 4) is 0 Å². The molecule has 1 aliphatic rings. The highest BCUT2D eigenvalue weighted by Gasteiger charge is 2.25. The first kappa shape index (κ1) is 13.0. The van der Waals surface area contributed by atoms with Crippen molar-refractivity contribution in [3.05, 3.63) is 12.2 Å². The van der Waals surface area contributed by atoms with E-state index in [1.54, 1.807) is 0 Å². The third-order valence-corrected chi connectivity index (χ3v) is 1.96. The molecule has 1 heterocycles. The van der Waals surface area contributed by atoms with Gasteiger partial charge in [0.05, 0.1) is 6.61 Å². The Morgan fingerprint density at radius 1 is 1.35 bits per heavy atom. The fourth-order valence-corrected chi connectivity index (χ4v) is 1.18. The Balaban J connectivity index is 2.19. The van der Waals surface area contributed by atoms with E-state index < -0.39 is 17.7 Å². The van der Waals surface area contributed by atoms with E-state index in [4.69, 9.17) is 4.74 Å². The molecule has 0 aromatic heterocycles. The van der Waals surface area contributed by atoms with Gasteiger partial charge in [-0.05, 0) is 0 Å². The molecule has 1 rings (SSSR count). The van der Waals surface area contributed by atoms with Gasteiger partial charge in [0.15, 0.2) is 0 Å². The predicted octanol–water partition coefficient (Wildman–Crippen LogP) is -1.76. The summed E-state index contributed by atoms with van der Waals surface area (Å²) in [6.07, 6.45) is 2.83. The predicted molar refractivity (Wildman–Crippen MR) is 55.8 cm³/mol. The lowest BCUT2D eigenvalue weighted by molar-refractivity contribution is -0.141. The van der Waals surface area contributed by atoms with Gasteiger partial charge < -0.3 is 14.8 Å². The van der Waals surface area contributed by atoms with Gasteiger partial charge in [-0.3, -0.25) is 19.3 Å². The van der Waals surface area contributed by atoms with Crippen molar-refractivity contribution in [2.45, 2.75) is 0 Å². The standard InChI is InChI=1S/C10H12N2O5/c13-4-6-17-5-3-11-8(14)7-12-9(15)1-2-10(12)16/h1-2,4H,3,5-7H2,(H,11,14). The van der Waals surface area contributed by atoms with Crippen molar-refractivity contribution in [3.63, 3.8) is 0 Å². The van der Waals surface area contributed by atoms with Crippen LogP contribution in [0.4, 0.5) is 0 Å². The van der Waals surface area contributed by atoms with E-state index in [0.717, 1.165) is 17.1 Å². The van der Waals surface area contributed by atoms with Crippen LogP contribution in [0.3, 0.4) is 0 Å². The lowest BCUT2D eigenvalue weighted by atomic mass is 10.4. The van der Waals surface area contributed by atoms with Gasteiger partial charge in [-0.25, -0.2) is 0 Å². The monoisotopic (exact) mass is 240 g/mol. The second-order valence-corrected chi connectivity index (χ2v) is 3.19. The van der Waals surface area contributed by atoms with Gasteiger partial charge in [0.2, 0.25) is 5.91 Å². The second-order valence-electron chi connectivity index (χ2n) is 3.19. The normalized spacial score (nSPS) is 14.2. The summed E-state index contributed by atoms with van der Waals surface area (Å²) in [7, 11) is 0. The second kappa shape index (κ2) is 6.54. The smallest absolute Gasteiger partial charge is 0.254 e. The first-order chi connectivity index (χ1) is 8.15. The molecule has 92 valence electrons. The number of hydrogen-bond acceptors (Lipinski definition) is 5. The Hall–Kier alpha value is -2.02. The molecule has 0 bridgehead atoms. The van der Waals surface area contributed by atoms with Gasteiger partial charge in [0.1, 0.15) is 19.4 Å². The minimum atomic E-state index is -0.498. The van der Waals surface area contributed by atoms with Crippen LogP contribution in [0, 0.1) is 0 Å². The molecule has 17 heavy (non-hydrogen) atoms. The van der Waals surface area contributed by atoms with Gasteiger partial charge >= 0.3 is 0 Å². The van der Waals surface area contributed by atoms with E-state index in [9.17, 15) is 19.2 Å². The number of nitrogens with zero attached hydrogens (tertiary/aromatic N) is 1. The molecule has 0 aliphatic carbocycles. The molecular weight excluding hydrogens is 228 g/mol. The Bertz CT molecular complexity index is 346. The molecule has 3 amide bonds. The van der Waals surface area contributed by atoms with Gasteiger partial charge in [-0.2, -0.15) is 0 Å². The maximum Gasteiger partial charge on any atom is 0.254 e. The van der Waals surface area contributed by atoms with E-state index in [1.807, 2.05) is 0 Å². The van der Waals surface area contributed by atoms with Crippen LogP contribution >= 0.6 is 0 Å². The van der Waals surface area contributed by atoms with Crippen molar-refractivity contribution in [1.82, 2.24) is 10.2 Å².